The maximum absolute atomic E-state index is 13.9. The minimum atomic E-state index is -1.17. The van der Waals surface area contributed by atoms with Gasteiger partial charge >= 0.3 is 12.0 Å². The highest BCUT2D eigenvalue weighted by Crippen LogP contribution is 2.28. The first-order chi connectivity index (χ1) is 14.8. The molecule has 2 heterocycles. The number of halogens is 2. The van der Waals surface area contributed by atoms with Crippen LogP contribution in [0.15, 0.2) is 64.7 Å². The second-order valence-electron chi connectivity index (χ2n) is 6.67. The molecule has 0 radical (unpaired) electrons. The number of urea groups is 1. The number of rotatable bonds is 5. The van der Waals surface area contributed by atoms with E-state index < -0.39 is 23.7 Å². The highest BCUT2D eigenvalue weighted by Gasteiger charge is 2.34. The predicted octanol–water partition coefficient (Wildman–Crippen LogP) is 4.53. The summed E-state index contributed by atoms with van der Waals surface area (Å²) in [6.07, 6.45) is 1.35. The third-order valence-corrected chi connectivity index (χ3v) is 4.97. The van der Waals surface area contributed by atoms with Crippen molar-refractivity contribution in [3.8, 4) is 11.3 Å². The number of imide groups is 1. The van der Waals surface area contributed by atoms with Gasteiger partial charge in [0.25, 0.3) is 5.91 Å². The largest absolute Gasteiger partial charge is 0.478 e. The van der Waals surface area contributed by atoms with Crippen molar-refractivity contribution in [2.45, 2.75) is 6.54 Å². The first kappa shape index (κ1) is 20.4. The normalized spacial score (nSPS) is 14.9. The first-order valence-corrected chi connectivity index (χ1v) is 9.42. The number of hydrogen-bond donors (Lipinski definition) is 2. The number of nitrogens with zero attached hydrogens (tertiary/aromatic N) is 1. The fourth-order valence-electron chi connectivity index (χ4n) is 3.08. The van der Waals surface area contributed by atoms with Gasteiger partial charge in [-0.05, 0) is 36.4 Å². The van der Waals surface area contributed by atoms with Crippen molar-refractivity contribution in [1.29, 1.82) is 0 Å². The molecule has 0 atom stereocenters. The van der Waals surface area contributed by atoms with E-state index in [0.29, 0.717) is 11.3 Å². The van der Waals surface area contributed by atoms with Crippen molar-refractivity contribution in [2.24, 2.45) is 0 Å². The molecule has 156 valence electrons. The van der Waals surface area contributed by atoms with Crippen LogP contribution in [0.2, 0.25) is 5.02 Å². The number of carboxylic acids is 1. The Hall–Kier alpha value is -3.91. The van der Waals surface area contributed by atoms with E-state index in [9.17, 15) is 23.9 Å². The Balaban J connectivity index is 1.56. The first-order valence-electron chi connectivity index (χ1n) is 9.04. The molecule has 1 aliphatic heterocycles. The lowest BCUT2D eigenvalue weighted by Gasteiger charge is -2.12. The average molecular weight is 441 g/mol. The molecule has 9 heteroatoms. The Kier molecular flexibility index (Phi) is 5.31. The van der Waals surface area contributed by atoms with Crippen molar-refractivity contribution in [2.75, 3.05) is 0 Å². The number of furan rings is 1. The van der Waals surface area contributed by atoms with Gasteiger partial charge in [0.15, 0.2) is 0 Å². The van der Waals surface area contributed by atoms with Crippen molar-refractivity contribution < 1.29 is 28.3 Å². The zero-order valence-electron chi connectivity index (χ0n) is 15.8. The van der Waals surface area contributed by atoms with Crippen LogP contribution in [-0.2, 0) is 11.3 Å². The fraction of sp³-hybridized carbons (Fsp3) is 0.0455. The average Bonchev–Trinajstić information content (AvgIpc) is 3.30. The number of nitrogens with one attached hydrogen (secondary N) is 1. The third-order valence-electron chi connectivity index (χ3n) is 4.64. The number of carbonyl (C=O) groups is 3. The van der Waals surface area contributed by atoms with Crippen molar-refractivity contribution in [1.82, 2.24) is 10.2 Å². The highest BCUT2D eigenvalue weighted by atomic mass is 35.5. The van der Waals surface area contributed by atoms with Crippen LogP contribution in [-0.4, -0.2) is 27.9 Å². The minimum Gasteiger partial charge on any atom is -0.478 e. The summed E-state index contributed by atoms with van der Waals surface area (Å²) in [6.45, 7) is -0.208. The number of amides is 3. The smallest absolute Gasteiger partial charge is 0.337 e. The van der Waals surface area contributed by atoms with Crippen molar-refractivity contribution >= 4 is 35.6 Å². The molecule has 2 N–H and O–H groups in total. The minimum absolute atomic E-state index is 0.0235. The number of carboxylic acid groups (broad SMARTS) is 1. The van der Waals surface area contributed by atoms with Crippen LogP contribution in [0.1, 0.15) is 21.7 Å². The van der Waals surface area contributed by atoms with Gasteiger partial charge in [-0.15, -0.1) is 0 Å². The van der Waals surface area contributed by atoms with E-state index in [-0.39, 0.29) is 34.2 Å². The number of aromatic carboxylic acids is 1. The molecule has 0 unspecified atom stereocenters. The summed E-state index contributed by atoms with van der Waals surface area (Å²) in [5.74, 6) is -1.69. The van der Waals surface area contributed by atoms with Crippen LogP contribution in [0.25, 0.3) is 17.4 Å². The second-order valence-corrected chi connectivity index (χ2v) is 7.08. The molecule has 3 aromatic rings. The van der Waals surface area contributed by atoms with E-state index in [2.05, 4.69) is 5.32 Å². The molecule has 7 nitrogen and oxygen atoms in total. The van der Waals surface area contributed by atoms with Crippen LogP contribution in [0.4, 0.5) is 9.18 Å². The molecule has 3 amide bonds. The number of carbonyl (C=O) groups excluding carboxylic acids is 2. The molecule has 0 aliphatic carbocycles. The second kappa shape index (κ2) is 8.08. The summed E-state index contributed by atoms with van der Waals surface area (Å²) in [7, 11) is 0. The molecule has 0 bridgehead atoms. The van der Waals surface area contributed by atoms with Crippen LogP contribution >= 0.6 is 11.6 Å². The van der Waals surface area contributed by atoms with Gasteiger partial charge in [-0.1, -0.05) is 29.8 Å². The highest BCUT2D eigenvalue weighted by molar-refractivity contribution is 6.33. The van der Waals surface area contributed by atoms with E-state index in [1.54, 1.807) is 24.3 Å². The summed E-state index contributed by atoms with van der Waals surface area (Å²) in [6, 6.07) is 12.8. The van der Waals surface area contributed by atoms with Crippen molar-refractivity contribution in [3.05, 3.63) is 88.0 Å². The lowest BCUT2D eigenvalue weighted by Crippen LogP contribution is -2.30. The van der Waals surface area contributed by atoms with Gasteiger partial charge in [-0.25, -0.2) is 14.0 Å². The van der Waals surface area contributed by atoms with E-state index in [1.165, 1.54) is 36.4 Å². The molecular formula is C22H14ClFN2O5. The number of benzene rings is 2. The Labute approximate surface area is 180 Å². The lowest BCUT2D eigenvalue weighted by molar-refractivity contribution is -0.123. The fourth-order valence-corrected chi connectivity index (χ4v) is 3.28. The Morgan fingerprint density at radius 3 is 2.68 bits per heavy atom. The van der Waals surface area contributed by atoms with E-state index in [1.807, 2.05) is 0 Å². The van der Waals surface area contributed by atoms with Gasteiger partial charge in [0, 0.05) is 17.2 Å². The zero-order valence-corrected chi connectivity index (χ0v) is 16.5. The van der Waals surface area contributed by atoms with Crippen LogP contribution in [0, 0.1) is 5.82 Å². The molecule has 0 spiro atoms. The van der Waals surface area contributed by atoms with Gasteiger partial charge in [0.2, 0.25) is 0 Å². The van der Waals surface area contributed by atoms with Gasteiger partial charge in [-0.3, -0.25) is 9.69 Å². The Bertz CT molecular complexity index is 1250. The molecule has 2 aromatic carbocycles. The summed E-state index contributed by atoms with van der Waals surface area (Å²) in [5, 5.41) is 11.7. The summed E-state index contributed by atoms with van der Waals surface area (Å²) in [5.41, 5.74) is 0.598. The molecule has 1 aliphatic rings. The molecule has 4 rings (SSSR count). The van der Waals surface area contributed by atoms with Gasteiger partial charge < -0.3 is 14.8 Å². The Morgan fingerprint density at radius 1 is 1.16 bits per heavy atom. The van der Waals surface area contributed by atoms with Crippen LogP contribution in [0.5, 0.6) is 0 Å². The third kappa shape index (κ3) is 4.06. The molecular weight excluding hydrogens is 427 g/mol. The molecule has 31 heavy (non-hydrogen) atoms. The predicted molar refractivity (Wildman–Crippen MR) is 110 cm³/mol. The van der Waals surface area contributed by atoms with Crippen LogP contribution < -0.4 is 5.32 Å². The summed E-state index contributed by atoms with van der Waals surface area (Å²) >= 11 is 5.88. The Morgan fingerprint density at radius 2 is 1.94 bits per heavy atom. The monoisotopic (exact) mass is 440 g/mol. The van der Waals surface area contributed by atoms with E-state index >= 15 is 0 Å². The summed E-state index contributed by atoms with van der Waals surface area (Å²) in [4.78, 5) is 36.9. The SMILES string of the molecule is O=C(O)c1cc(-c2ccc(C=C3NC(=O)N(Cc4ccccc4F)C3=O)o2)ccc1Cl. The standard InChI is InChI=1S/C22H14ClFN2O5/c23-16-7-5-12(9-15(16)21(28)29)19-8-6-14(31-19)10-18-20(27)26(22(30)25-18)11-13-3-1-2-4-17(13)24/h1-10H,11H2,(H,25,30)(H,28,29). The van der Waals surface area contributed by atoms with Crippen LogP contribution in [0.3, 0.4) is 0 Å². The van der Waals surface area contributed by atoms with Crippen molar-refractivity contribution in [3.63, 3.8) is 0 Å². The molecule has 0 saturated carbocycles. The number of hydrogen-bond acceptors (Lipinski definition) is 4. The van der Waals surface area contributed by atoms with Gasteiger partial charge in [0.1, 0.15) is 23.0 Å². The van der Waals surface area contributed by atoms with E-state index in [4.69, 9.17) is 16.0 Å². The van der Waals surface area contributed by atoms with Gasteiger partial charge in [-0.2, -0.15) is 0 Å². The van der Waals surface area contributed by atoms with E-state index in [0.717, 1.165) is 4.90 Å². The summed E-state index contributed by atoms with van der Waals surface area (Å²) < 4.78 is 19.5. The molecule has 1 aromatic heterocycles. The maximum Gasteiger partial charge on any atom is 0.337 e. The molecule has 1 saturated heterocycles. The topological polar surface area (TPSA) is 99.9 Å². The quantitative estimate of drug-likeness (QED) is 0.448. The van der Waals surface area contributed by atoms with Gasteiger partial charge in [0.05, 0.1) is 17.1 Å². The molecule has 1 fully saturated rings. The lowest BCUT2D eigenvalue weighted by atomic mass is 10.1. The zero-order chi connectivity index (χ0) is 22.1. The maximum atomic E-state index is 13.9.